The van der Waals surface area contributed by atoms with E-state index in [0.29, 0.717) is 12.0 Å². The van der Waals surface area contributed by atoms with Gasteiger partial charge in [-0.1, -0.05) is 20.9 Å². The number of esters is 2. The van der Waals surface area contributed by atoms with E-state index in [2.05, 4.69) is 6.58 Å². The second kappa shape index (κ2) is 9.87. The van der Waals surface area contributed by atoms with Gasteiger partial charge in [0.2, 0.25) is 0 Å². The molecule has 0 aromatic rings. The monoisotopic (exact) mass is 244 g/mol. The molecular formula is C13H24O4. The molecule has 4 heteroatoms. The van der Waals surface area contributed by atoms with Crippen LogP contribution in [0, 0.1) is 0 Å². The Balaban J connectivity index is 0. The third-order valence-corrected chi connectivity index (χ3v) is 2.01. The summed E-state index contributed by atoms with van der Waals surface area (Å²) in [6, 6.07) is 0. The summed E-state index contributed by atoms with van der Waals surface area (Å²) in [7, 11) is 0. The van der Waals surface area contributed by atoms with E-state index in [9.17, 15) is 9.59 Å². The molecule has 0 saturated carbocycles. The third kappa shape index (κ3) is 9.60. The van der Waals surface area contributed by atoms with E-state index >= 15 is 0 Å². The number of carbonyl (C=O) groups excluding carboxylic acids is 2. The second-order valence-corrected chi connectivity index (χ2v) is 3.73. The van der Waals surface area contributed by atoms with Gasteiger partial charge in [-0.15, -0.1) is 0 Å². The first-order chi connectivity index (χ1) is 7.47. The highest BCUT2D eigenvalue weighted by atomic mass is 16.5. The van der Waals surface area contributed by atoms with E-state index in [4.69, 9.17) is 9.47 Å². The molecule has 0 rings (SSSR count). The van der Waals surface area contributed by atoms with Gasteiger partial charge in [-0.25, -0.2) is 4.79 Å². The molecule has 0 fully saturated rings. The van der Waals surface area contributed by atoms with Gasteiger partial charge in [0, 0.05) is 12.0 Å². The molecule has 4 nitrogen and oxygen atoms in total. The lowest BCUT2D eigenvalue weighted by Gasteiger charge is -2.10. The zero-order valence-corrected chi connectivity index (χ0v) is 10.2. The minimum absolute atomic E-state index is 0. The Morgan fingerprint density at radius 1 is 1.35 bits per heavy atom. The Labute approximate surface area is 104 Å². The molecule has 100 valence electrons. The molecule has 0 aromatic carbocycles. The van der Waals surface area contributed by atoms with Crippen molar-refractivity contribution in [2.45, 2.75) is 53.6 Å². The first-order valence-electron chi connectivity index (χ1n) is 5.49. The summed E-state index contributed by atoms with van der Waals surface area (Å²) in [4.78, 5) is 22.2. The maximum Gasteiger partial charge on any atom is 0.333 e. The Morgan fingerprint density at radius 3 is 2.41 bits per heavy atom. The molecule has 0 aliphatic carbocycles. The SMILES string of the molecule is C.C=C(C)C(=O)OCCCC(=O)OC(C)CC. The van der Waals surface area contributed by atoms with Crippen LogP contribution in [-0.4, -0.2) is 24.6 Å². The van der Waals surface area contributed by atoms with Gasteiger partial charge >= 0.3 is 11.9 Å². The number of hydrogen-bond donors (Lipinski definition) is 0. The van der Waals surface area contributed by atoms with E-state index in [1.165, 1.54) is 0 Å². The van der Waals surface area contributed by atoms with Crippen molar-refractivity contribution >= 4 is 11.9 Å². The first-order valence-corrected chi connectivity index (χ1v) is 5.49. The second-order valence-electron chi connectivity index (χ2n) is 3.73. The minimum atomic E-state index is -0.421. The molecule has 0 saturated heterocycles. The molecular weight excluding hydrogens is 220 g/mol. The highest BCUT2D eigenvalue weighted by molar-refractivity contribution is 5.86. The van der Waals surface area contributed by atoms with Gasteiger partial charge in [0.15, 0.2) is 0 Å². The normalized spacial score (nSPS) is 11.0. The van der Waals surface area contributed by atoms with Crippen molar-refractivity contribution < 1.29 is 19.1 Å². The van der Waals surface area contributed by atoms with Crippen molar-refractivity contribution in [2.24, 2.45) is 0 Å². The van der Waals surface area contributed by atoms with Crippen LogP contribution in [0.1, 0.15) is 47.5 Å². The standard InChI is InChI=1S/C12H20O4.CH4/c1-5-10(4)16-11(13)7-6-8-15-12(14)9(2)3;/h10H,2,5-8H2,1,3-4H3;1H4. The summed E-state index contributed by atoms with van der Waals surface area (Å²) in [5.74, 6) is -0.670. The Hall–Kier alpha value is -1.32. The van der Waals surface area contributed by atoms with E-state index in [1.807, 2.05) is 13.8 Å². The van der Waals surface area contributed by atoms with Crippen molar-refractivity contribution in [3.63, 3.8) is 0 Å². The molecule has 1 atom stereocenters. The average Bonchev–Trinajstić information content (AvgIpc) is 2.23. The van der Waals surface area contributed by atoms with Crippen molar-refractivity contribution in [2.75, 3.05) is 6.61 Å². The van der Waals surface area contributed by atoms with E-state index < -0.39 is 5.97 Å². The van der Waals surface area contributed by atoms with Crippen molar-refractivity contribution in [3.8, 4) is 0 Å². The summed E-state index contributed by atoms with van der Waals surface area (Å²) in [6.07, 6.45) is 1.50. The highest BCUT2D eigenvalue weighted by Crippen LogP contribution is 2.02. The largest absolute Gasteiger partial charge is 0.463 e. The topological polar surface area (TPSA) is 52.6 Å². The smallest absolute Gasteiger partial charge is 0.333 e. The van der Waals surface area contributed by atoms with Gasteiger partial charge in [0.25, 0.3) is 0 Å². The lowest BCUT2D eigenvalue weighted by Crippen LogP contribution is -2.14. The fourth-order valence-corrected chi connectivity index (χ4v) is 0.871. The predicted octanol–water partition coefficient (Wildman–Crippen LogP) is 2.86. The zero-order valence-electron chi connectivity index (χ0n) is 10.2. The molecule has 0 bridgehead atoms. The fourth-order valence-electron chi connectivity index (χ4n) is 0.871. The molecule has 1 unspecified atom stereocenters. The van der Waals surface area contributed by atoms with Crippen molar-refractivity contribution in [3.05, 3.63) is 12.2 Å². The Bertz CT molecular complexity index is 258. The predicted molar refractivity (Wildman–Crippen MR) is 67.6 cm³/mol. The Morgan fingerprint density at radius 2 is 1.94 bits per heavy atom. The van der Waals surface area contributed by atoms with E-state index in [0.717, 1.165) is 6.42 Å². The van der Waals surface area contributed by atoms with Crippen molar-refractivity contribution in [1.29, 1.82) is 0 Å². The van der Waals surface area contributed by atoms with Gasteiger partial charge in [-0.05, 0) is 26.7 Å². The van der Waals surface area contributed by atoms with Gasteiger partial charge in [-0.2, -0.15) is 0 Å². The van der Waals surface area contributed by atoms with Crippen LogP contribution in [0.4, 0.5) is 0 Å². The lowest BCUT2D eigenvalue weighted by molar-refractivity contribution is -0.149. The van der Waals surface area contributed by atoms with E-state index in [1.54, 1.807) is 6.92 Å². The third-order valence-electron chi connectivity index (χ3n) is 2.01. The number of hydrogen-bond acceptors (Lipinski definition) is 4. The first kappa shape index (κ1) is 18.1. The highest BCUT2D eigenvalue weighted by Gasteiger charge is 2.08. The van der Waals surface area contributed by atoms with Crippen molar-refractivity contribution in [1.82, 2.24) is 0 Å². The molecule has 0 aromatic heterocycles. The summed E-state index contributed by atoms with van der Waals surface area (Å²) in [5, 5.41) is 0. The fraction of sp³-hybridized carbons (Fsp3) is 0.692. The summed E-state index contributed by atoms with van der Waals surface area (Å²) >= 11 is 0. The van der Waals surface area contributed by atoms with Gasteiger partial charge in [0.1, 0.15) is 0 Å². The summed E-state index contributed by atoms with van der Waals surface area (Å²) < 4.78 is 9.90. The molecule has 17 heavy (non-hydrogen) atoms. The van der Waals surface area contributed by atoms with E-state index in [-0.39, 0.29) is 32.5 Å². The average molecular weight is 244 g/mol. The maximum atomic E-state index is 11.2. The molecule has 0 N–H and O–H groups in total. The number of rotatable bonds is 7. The van der Waals surface area contributed by atoms with Gasteiger partial charge < -0.3 is 9.47 Å². The molecule has 0 radical (unpaired) electrons. The number of carbonyl (C=O) groups is 2. The molecule has 0 spiro atoms. The van der Waals surface area contributed by atoms with Crippen LogP contribution >= 0.6 is 0 Å². The van der Waals surface area contributed by atoms with Crippen LogP contribution in [0.25, 0.3) is 0 Å². The van der Waals surface area contributed by atoms with Crippen LogP contribution in [0.2, 0.25) is 0 Å². The van der Waals surface area contributed by atoms with Gasteiger partial charge in [-0.3, -0.25) is 4.79 Å². The number of ether oxygens (including phenoxy) is 2. The van der Waals surface area contributed by atoms with Crippen LogP contribution < -0.4 is 0 Å². The zero-order chi connectivity index (χ0) is 12.6. The molecule has 0 amide bonds. The van der Waals surface area contributed by atoms with Crippen LogP contribution in [0.3, 0.4) is 0 Å². The van der Waals surface area contributed by atoms with Gasteiger partial charge in [0.05, 0.1) is 12.7 Å². The van der Waals surface area contributed by atoms with Crippen LogP contribution in [0.5, 0.6) is 0 Å². The summed E-state index contributed by atoms with van der Waals surface area (Å²) in [6.45, 7) is 9.06. The van der Waals surface area contributed by atoms with Crippen LogP contribution in [-0.2, 0) is 19.1 Å². The lowest BCUT2D eigenvalue weighted by atomic mass is 10.3. The minimum Gasteiger partial charge on any atom is -0.463 e. The Kier molecular flexibility index (Phi) is 10.5. The molecule has 0 aliphatic heterocycles. The maximum absolute atomic E-state index is 11.2. The molecule has 0 aliphatic rings. The summed E-state index contributed by atoms with van der Waals surface area (Å²) in [5.41, 5.74) is 0.363. The quantitative estimate of drug-likeness (QED) is 0.392. The van der Waals surface area contributed by atoms with Crippen LogP contribution in [0.15, 0.2) is 12.2 Å². The molecule has 0 heterocycles.